The van der Waals surface area contributed by atoms with Gasteiger partial charge in [0.2, 0.25) is 0 Å². The highest BCUT2D eigenvalue weighted by molar-refractivity contribution is 9.10. The van der Waals surface area contributed by atoms with E-state index in [-0.39, 0.29) is 0 Å². The van der Waals surface area contributed by atoms with E-state index in [9.17, 15) is 8.78 Å². The number of hydrogen-bond donors (Lipinski definition) is 1. The largest absolute Gasteiger partial charge is 0.385 e. The third-order valence-corrected chi connectivity index (χ3v) is 3.15. The van der Waals surface area contributed by atoms with Crippen LogP contribution < -0.4 is 5.32 Å². The van der Waals surface area contributed by atoms with Crippen molar-refractivity contribution < 1.29 is 8.78 Å². The second-order valence-corrected chi connectivity index (χ2v) is 5.21. The molecule has 0 spiro atoms. The fourth-order valence-electron chi connectivity index (χ4n) is 1.86. The first-order valence-electron chi connectivity index (χ1n) is 5.96. The van der Waals surface area contributed by atoms with Crippen molar-refractivity contribution in [3.05, 3.63) is 63.6 Å². The van der Waals surface area contributed by atoms with E-state index in [2.05, 4.69) is 27.3 Å². The van der Waals surface area contributed by atoms with Crippen molar-refractivity contribution in [1.29, 1.82) is 5.26 Å². The van der Waals surface area contributed by atoms with Gasteiger partial charge in [0.05, 0.1) is 11.6 Å². The number of halogens is 3. The molecule has 2 aromatic rings. The SMILES string of the molecule is N#Cc1cc(Br)cc(NCCc2cc(F)cc(F)c2)c1. The Morgan fingerprint density at radius 1 is 1.05 bits per heavy atom. The maximum atomic E-state index is 13.0. The van der Waals surface area contributed by atoms with E-state index in [1.807, 2.05) is 6.07 Å². The second-order valence-electron chi connectivity index (χ2n) is 4.29. The van der Waals surface area contributed by atoms with E-state index in [0.717, 1.165) is 16.2 Å². The molecule has 0 aromatic heterocycles. The Labute approximate surface area is 124 Å². The van der Waals surface area contributed by atoms with Crippen LogP contribution in [0.3, 0.4) is 0 Å². The molecule has 0 aliphatic heterocycles. The molecule has 0 saturated carbocycles. The zero-order valence-electron chi connectivity index (χ0n) is 10.5. The van der Waals surface area contributed by atoms with E-state index < -0.39 is 11.6 Å². The fourth-order valence-corrected chi connectivity index (χ4v) is 2.36. The minimum atomic E-state index is -0.575. The van der Waals surface area contributed by atoms with E-state index in [1.54, 1.807) is 12.1 Å². The minimum absolute atomic E-state index is 0.489. The van der Waals surface area contributed by atoms with Crippen molar-refractivity contribution in [3.8, 4) is 6.07 Å². The molecule has 1 N–H and O–H groups in total. The first-order valence-corrected chi connectivity index (χ1v) is 6.75. The molecule has 2 rings (SSSR count). The van der Waals surface area contributed by atoms with Gasteiger partial charge in [0.25, 0.3) is 0 Å². The minimum Gasteiger partial charge on any atom is -0.385 e. The highest BCUT2D eigenvalue weighted by atomic mass is 79.9. The Hall–Kier alpha value is -1.93. The molecule has 0 heterocycles. The summed E-state index contributed by atoms with van der Waals surface area (Å²) < 4.78 is 26.9. The highest BCUT2D eigenvalue weighted by Gasteiger charge is 2.02. The van der Waals surface area contributed by atoms with E-state index >= 15 is 0 Å². The van der Waals surface area contributed by atoms with Crippen molar-refractivity contribution in [2.75, 3.05) is 11.9 Å². The van der Waals surface area contributed by atoms with Crippen LogP contribution in [0.2, 0.25) is 0 Å². The van der Waals surface area contributed by atoms with Crippen LogP contribution in [0.4, 0.5) is 14.5 Å². The topological polar surface area (TPSA) is 35.8 Å². The molecule has 20 heavy (non-hydrogen) atoms. The summed E-state index contributed by atoms with van der Waals surface area (Å²) >= 11 is 3.32. The van der Waals surface area contributed by atoms with Gasteiger partial charge in [-0.2, -0.15) is 5.26 Å². The van der Waals surface area contributed by atoms with Crippen molar-refractivity contribution in [3.63, 3.8) is 0 Å². The van der Waals surface area contributed by atoms with Crippen LogP contribution in [-0.2, 0) is 6.42 Å². The first kappa shape index (κ1) is 14.5. The lowest BCUT2D eigenvalue weighted by Crippen LogP contribution is -2.05. The van der Waals surface area contributed by atoms with Crippen LogP contribution in [0.5, 0.6) is 0 Å². The van der Waals surface area contributed by atoms with Gasteiger partial charge >= 0.3 is 0 Å². The van der Waals surface area contributed by atoms with Gasteiger partial charge in [0.1, 0.15) is 11.6 Å². The normalized spacial score (nSPS) is 10.1. The maximum Gasteiger partial charge on any atom is 0.126 e. The molecule has 0 radical (unpaired) electrons. The zero-order valence-corrected chi connectivity index (χ0v) is 12.0. The lowest BCUT2D eigenvalue weighted by atomic mass is 10.1. The van der Waals surface area contributed by atoms with Crippen LogP contribution in [0.25, 0.3) is 0 Å². The van der Waals surface area contributed by atoms with Gasteiger partial charge in [-0.1, -0.05) is 15.9 Å². The molecule has 0 fully saturated rings. The molecule has 0 atom stereocenters. The molecular weight excluding hydrogens is 326 g/mol. The molecule has 2 aromatic carbocycles. The molecule has 0 amide bonds. The van der Waals surface area contributed by atoms with Gasteiger partial charge in [0.15, 0.2) is 0 Å². The average Bonchev–Trinajstić information content (AvgIpc) is 2.37. The number of nitrogens with one attached hydrogen (secondary N) is 1. The Morgan fingerprint density at radius 3 is 2.40 bits per heavy atom. The Bertz CT molecular complexity index is 645. The Kier molecular flexibility index (Phi) is 4.70. The van der Waals surface area contributed by atoms with Gasteiger partial charge in [-0.3, -0.25) is 0 Å². The van der Waals surface area contributed by atoms with E-state index in [4.69, 9.17) is 5.26 Å². The summed E-state index contributed by atoms with van der Waals surface area (Å²) in [5.74, 6) is -1.15. The van der Waals surface area contributed by atoms with Crippen molar-refractivity contribution >= 4 is 21.6 Å². The third kappa shape index (κ3) is 4.04. The van der Waals surface area contributed by atoms with Crippen LogP contribution in [0.1, 0.15) is 11.1 Å². The van der Waals surface area contributed by atoms with Gasteiger partial charge in [-0.25, -0.2) is 8.78 Å². The number of rotatable bonds is 4. The van der Waals surface area contributed by atoms with Gasteiger partial charge in [-0.05, 0) is 42.3 Å². The molecule has 0 saturated heterocycles. The highest BCUT2D eigenvalue weighted by Crippen LogP contribution is 2.19. The number of anilines is 1. The summed E-state index contributed by atoms with van der Waals surface area (Å²) in [6.45, 7) is 0.518. The predicted octanol–water partition coefficient (Wildman–Crippen LogP) is 4.25. The summed E-state index contributed by atoms with van der Waals surface area (Å²) in [4.78, 5) is 0. The molecular formula is C15H11BrF2N2. The molecule has 102 valence electrons. The zero-order chi connectivity index (χ0) is 14.5. The van der Waals surface area contributed by atoms with Crippen molar-refractivity contribution in [2.45, 2.75) is 6.42 Å². The average molecular weight is 337 g/mol. The van der Waals surface area contributed by atoms with Gasteiger partial charge < -0.3 is 5.32 Å². The summed E-state index contributed by atoms with van der Waals surface area (Å²) in [6.07, 6.45) is 0.489. The summed E-state index contributed by atoms with van der Waals surface area (Å²) in [7, 11) is 0. The third-order valence-electron chi connectivity index (χ3n) is 2.69. The van der Waals surface area contributed by atoms with Gasteiger partial charge in [-0.15, -0.1) is 0 Å². The summed E-state index contributed by atoms with van der Waals surface area (Å²) in [5, 5.41) is 12.0. The summed E-state index contributed by atoms with van der Waals surface area (Å²) in [5.41, 5.74) is 1.91. The van der Waals surface area contributed by atoms with Crippen molar-refractivity contribution in [2.24, 2.45) is 0 Å². The smallest absolute Gasteiger partial charge is 0.126 e. The molecule has 0 unspecified atom stereocenters. The molecule has 5 heteroatoms. The van der Waals surface area contributed by atoms with E-state index in [1.165, 1.54) is 12.1 Å². The molecule has 0 aliphatic carbocycles. The fraction of sp³-hybridized carbons (Fsp3) is 0.133. The summed E-state index contributed by atoms with van der Waals surface area (Å²) in [6, 6.07) is 10.8. The maximum absolute atomic E-state index is 13.0. The second kappa shape index (κ2) is 6.49. The van der Waals surface area contributed by atoms with Crippen molar-refractivity contribution in [1.82, 2.24) is 0 Å². The Balaban J connectivity index is 1.99. The Morgan fingerprint density at radius 2 is 1.75 bits per heavy atom. The number of nitrogens with zero attached hydrogens (tertiary/aromatic N) is 1. The van der Waals surface area contributed by atoms with Crippen LogP contribution in [0.15, 0.2) is 40.9 Å². The van der Waals surface area contributed by atoms with E-state index in [0.29, 0.717) is 24.1 Å². The molecule has 2 nitrogen and oxygen atoms in total. The molecule has 0 aliphatic rings. The standard InChI is InChI=1S/C15H11BrF2N2/c16-12-3-11(9-19)6-15(7-12)20-2-1-10-4-13(17)8-14(18)5-10/h3-8,20H,1-2H2. The van der Waals surface area contributed by atoms with Crippen LogP contribution >= 0.6 is 15.9 Å². The lowest BCUT2D eigenvalue weighted by Gasteiger charge is -2.08. The predicted molar refractivity (Wildman–Crippen MR) is 77.4 cm³/mol. The quantitative estimate of drug-likeness (QED) is 0.905. The van der Waals surface area contributed by atoms with Crippen LogP contribution in [-0.4, -0.2) is 6.54 Å². The number of nitriles is 1. The lowest BCUT2D eigenvalue weighted by molar-refractivity contribution is 0.580. The number of hydrogen-bond acceptors (Lipinski definition) is 2. The number of benzene rings is 2. The first-order chi connectivity index (χ1) is 9.56. The monoisotopic (exact) mass is 336 g/mol. The molecule has 0 bridgehead atoms. The van der Waals surface area contributed by atoms with Gasteiger partial charge in [0, 0.05) is 22.8 Å². The van der Waals surface area contributed by atoms with Crippen LogP contribution in [0, 0.1) is 23.0 Å².